The van der Waals surface area contributed by atoms with Crippen LogP contribution in [-0.2, 0) is 29.1 Å². The molecule has 0 bridgehead atoms. The minimum Gasteiger partial charge on any atom is -0.275 e. The molecule has 7 nitrogen and oxygen atoms in total. The van der Waals surface area contributed by atoms with Crippen LogP contribution in [0.3, 0.4) is 0 Å². The van der Waals surface area contributed by atoms with Gasteiger partial charge in [-0.05, 0) is 67.7 Å². The number of nitrogens with zero attached hydrogens (tertiary/aromatic N) is 1. The Morgan fingerprint density at radius 3 is 1.47 bits per heavy atom. The Kier molecular flexibility index (Phi) is 9.67. The first-order chi connectivity index (χ1) is 13.8. The molecule has 0 atom stereocenters. The molecule has 174 valence electrons. The van der Waals surface area contributed by atoms with Crippen molar-refractivity contribution in [1.29, 1.82) is 0 Å². The van der Waals surface area contributed by atoms with Gasteiger partial charge in [0, 0.05) is 24.1 Å². The molecule has 2 amide bonds. The largest absolute Gasteiger partial charge is 0.275 e. The first-order valence-electron chi connectivity index (χ1n) is 11.0. The van der Waals surface area contributed by atoms with E-state index in [0.717, 1.165) is 25.7 Å². The van der Waals surface area contributed by atoms with Crippen molar-refractivity contribution >= 4 is 11.8 Å². The molecule has 0 aromatic carbocycles. The lowest BCUT2D eigenvalue weighted by molar-refractivity contribution is -0.540. The zero-order chi connectivity index (χ0) is 23.2. The summed E-state index contributed by atoms with van der Waals surface area (Å²) in [4.78, 5) is 48.7. The normalized spacial score (nSPS) is 16.2. The molecule has 1 aliphatic heterocycles. The highest BCUT2D eigenvalue weighted by Gasteiger charge is 2.37. The minimum atomic E-state index is -1.18. The molecular weight excluding hydrogens is 386 g/mol. The summed E-state index contributed by atoms with van der Waals surface area (Å²) < 4.78 is 0. The van der Waals surface area contributed by atoms with Crippen LogP contribution in [0.5, 0.6) is 0 Å². The van der Waals surface area contributed by atoms with Gasteiger partial charge in [-0.3, -0.25) is 14.5 Å². The third-order valence-corrected chi connectivity index (χ3v) is 5.30. The van der Waals surface area contributed by atoms with Gasteiger partial charge >= 0.3 is 0 Å². The molecule has 0 fully saturated rings. The topological polar surface area (TPSA) is 74.3 Å². The second kappa shape index (κ2) is 10.8. The maximum Gasteiger partial charge on any atom is 0.256 e. The van der Waals surface area contributed by atoms with Gasteiger partial charge in [0.25, 0.3) is 11.8 Å². The van der Waals surface area contributed by atoms with Gasteiger partial charge in [0.1, 0.15) is 0 Å². The van der Waals surface area contributed by atoms with E-state index in [4.69, 9.17) is 19.6 Å². The lowest BCUT2D eigenvalue weighted by Gasteiger charge is -2.34. The molecule has 1 aliphatic rings. The van der Waals surface area contributed by atoms with Crippen LogP contribution in [0.1, 0.15) is 101 Å². The SMILES string of the molecule is CCCC(C)(C)OOC(C)(CCCN1C(=O)C(C)=C(C)C1=O)OOC(C)(C)CCC. The van der Waals surface area contributed by atoms with E-state index in [0.29, 0.717) is 24.0 Å². The van der Waals surface area contributed by atoms with Crippen LogP contribution in [0.25, 0.3) is 0 Å². The second-order valence-electron chi connectivity index (χ2n) is 9.60. The molecule has 7 heteroatoms. The maximum atomic E-state index is 12.3. The van der Waals surface area contributed by atoms with Gasteiger partial charge in [0.05, 0.1) is 11.2 Å². The number of carbonyl (C=O) groups excluding carboxylic acids is 2. The van der Waals surface area contributed by atoms with E-state index in [-0.39, 0.29) is 18.4 Å². The van der Waals surface area contributed by atoms with Gasteiger partial charge in [-0.25, -0.2) is 9.78 Å². The van der Waals surface area contributed by atoms with Gasteiger partial charge in [-0.2, -0.15) is 9.78 Å². The molecule has 1 rings (SSSR count). The molecule has 0 aliphatic carbocycles. The van der Waals surface area contributed by atoms with Crippen LogP contribution < -0.4 is 0 Å². The minimum absolute atomic E-state index is 0.235. The number of hydrogen-bond donors (Lipinski definition) is 0. The lowest BCUT2D eigenvalue weighted by atomic mass is 10.0. The molecule has 0 spiro atoms. The predicted octanol–water partition coefficient (Wildman–Crippen LogP) is 5.24. The fourth-order valence-corrected chi connectivity index (χ4v) is 3.37. The smallest absolute Gasteiger partial charge is 0.256 e. The molecular formula is C23H41NO6. The Hall–Kier alpha value is -1.28. The summed E-state index contributed by atoms with van der Waals surface area (Å²) in [6.07, 6.45) is 4.44. The van der Waals surface area contributed by atoms with E-state index in [1.54, 1.807) is 20.8 Å². The summed E-state index contributed by atoms with van der Waals surface area (Å²) in [7, 11) is 0. The summed E-state index contributed by atoms with van der Waals surface area (Å²) >= 11 is 0. The molecule has 0 radical (unpaired) electrons. The maximum absolute atomic E-state index is 12.3. The monoisotopic (exact) mass is 427 g/mol. The summed E-state index contributed by atoms with van der Waals surface area (Å²) in [5, 5.41) is 0. The zero-order valence-electron chi connectivity index (χ0n) is 20.3. The Bertz CT molecular complexity index is 592. The van der Waals surface area contributed by atoms with Crippen molar-refractivity contribution in [2.45, 2.75) is 118 Å². The predicted molar refractivity (Wildman–Crippen MR) is 115 cm³/mol. The average molecular weight is 428 g/mol. The molecule has 1 heterocycles. The van der Waals surface area contributed by atoms with Gasteiger partial charge in [0.15, 0.2) is 0 Å². The number of rotatable bonds is 14. The lowest BCUT2D eigenvalue weighted by Crippen LogP contribution is -2.41. The van der Waals surface area contributed by atoms with Gasteiger partial charge in [0.2, 0.25) is 5.79 Å². The van der Waals surface area contributed by atoms with Crippen LogP contribution in [-0.4, -0.2) is 40.2 Å². The fraction of sp³-hybridized carbons (Fsp3) is 0.826. The second-order valence-corrected chi connectivity index (χ2v) is 9.60. The average Bonchev–Trinajstić information content (AvgIpc) is 2.83. The zero-order valence-corrected chi connectivity index (χ0v) is 20.3. The van der Waals surface area contributed by atoms with E-state index in [1.165, 1.54) is 4.90 Å². The first-order valence-corrected chi connectivity index (χ1v) is 11.0. The number of imide groups is 1. The molecule has 0 aromatic heterocycles. The van der Waals surface area contributed by atoms with E-state index < -0.39 is 17.0 Å². The van der Waals surface area contributed by atoms with E-state index >= 15 is 0 Å². The number of carbonyl (C=O) groups is 2. The van der Waals surface area contributed by atoms with Crippen molar-refractivity contribution in [3.05, 3.63) is 11.1 Å². The van der Waals surface area contributed by atoms with Crippen LogP contribution in [0.4, 0.5) is 0 Å². The summed E-state index contributed by atoms with van der Waals surface area (Å²) in [6.45, 7) is 17.4. The highest BCUT2D eigenvalue weighted by atomic mass is 17.3. The van der Waals surface area contributed by atoms with Crippen molar-refractivity contribution in [3.63, 3.8) is 0 Å². The van der Waals surface area contributed by atoms with E-state index in [2.05, 4.69) is 13.8 Å². The van der Waals surface area contributed by atoms with Crippen molar-refractivity contribution < 1.29 is 29.1 Å². The van der Waals surface area contributed by atoms with Crippen molar-refractivity contribution in [2.24, 2.45) is 0 Å². The number of amides is 2. The van der Waals surface area contributed by atoms with Gasteiger partial charge in [-0.1, -0.05) is 26.7 Å². The highest BCUT2D eigenvalue weighted by Crippen LogP contribution is 2.29. The molecule has 0 saturated carbocycles. The molecule has 0 unspecified atom stereocenters. The van der Waals surface area contributed by atoms with Crippen LogP contribution in [0, 0.1) is 0 Å². The summed E-state index contributed by atoms with van der Waals surface area (Å²) in [5.74, 6) is -1.65. The van der Waals surface area contributed by atoms with Crippen LogP contribution in [0.15, 0.2) is 11.1 Å². The highest BCUT2D eigenvalue weighted by molar-refractivity contribution is 6.18. The molecule has 0 N–H and O–H groups in total. The summed E-state index contributed by atoms with van der Waals surface area (Å²) in [6, 6.07) is 0. The van der Waals surface area contributed by atoms with Crippen LogP contribution >= 0.6 is 0 Å². The van der Waals surface area contributed by atoms with Crippen molar-refractivity contribution in [3.8, 4) is 0 Å². The Balaban J connectivity index is 2.77. The third kappa shape index (κ3) is 7.76. The molecule has 0 aromatic rings. The van der Waals surface area contributed by atoms with E-state index in [9.17, 15) is 9.59 Å². The quantitative estimate of drug-likeness (QED) is 0.163. The molecule has 0 saturated heterocycles. The standard InChI is InChI=1S/C23H41NO6/c1-10-13-21(5,6)27-29-23(9,30-28-22(7,8)14-11-2)15-12-16-24-19(25)17(3)18(4)20(24)26/h10-16H2,1-9H3. The number of hydrogen-bond acceptors (Lipinski definition) is 6. The van der Waals surface area contributed by atoms with Crippen molar-refractivity contribution in [1.82, 2.24) is 4.90 Å². The Morgan fingerprint density at radius 2 is 1.10 bits per heavy atom. The summed E-state index contributed by atoms with van der Waals surface area (Å²) in [5.41, 5.74) is 0.0587. The van der Waals surface area contributed by atoms with Gasteiger partial charge in [-0.15, -0.1) is 0 Å². The fourth-order valence-electron chi connectivity index (χ4n) is 3.37. The third-order valence-electron chi connectivity index (χ3n) is 5.30. The van der Waals surface area contributed by atoms with Gasteiger partial charge < -0.3 is 0 Å². The van der Waals surface area contributed by atoms with Crippen molar-refractivity contribution in [2.75, 3.05) is 6.54 Å². The Labute approximate surface area is 181 Å². The molecule has 30 heavy (non-hydrogen) atoms. The first kappa shape index (κ1) is 26.8. The van der Waals surface area contributed by atoms with Crippen LogP contribution in [0.2, 0.25) is 0 Å². The van der Waals surface area contributed by atoms with E-state index in [1.807, 2.05) is 27.7 Å². The Morgan fingerprint density at radius 1 is 0.700 bits per heavy atom.